The third kappa shape index (κ3) is 1.97. The van der Waals surface area contributed by atoms with Crippen molar-refractivity contribution in [3.63, 3.8) is 0 Å². The molecule has 2 aromatic heterocycles. The molecule has 0 spiro atoms. The number of nitrogens with zero attached hydrogens (tertiary/aromatic N) is 2. The maximum Gasteiger partial charge on any atom is 0.222 e. The summed E-state index contributed by atoms with van der Waals surface area (Å²) in [6.07, 6.45) is 0.840. The fourth-order valence-corrected chi connectivity index (χ4v) is 2.98. The Bertz CT molecular complexity index is 530. The highest BCUT2D eigenvalue weighted by molar-refractivity contribution is 9.10. The van der Waals surface area contributed by atoms with Gasteiger partial charge in [-0.3, -0.25) is 9.48 Å². The van der Waals surface area contributed by atoms with Gasteiger partial charge in [-0.25, -0.2) is 0 Å². The summed E-state index contributed by atoms with van der Waals surface area (Å²) in [5.74, 6) is 0.0246. The summed E-state index contributed by atoms with van der Waals surface area (Å²) >= 11 is 4.81. The van der Waals surface area contributed by atoms with E-state index in [0.717, 1.165) is 21.5 Å². The van der Waals surface area contributed by atoms with Crippen LogP contribution in [0.1, 0.15) is 28.0 Å². The van der Waals surface area contributed by atoms with E-state index in [1.54, 1.807) is 11.7 Å². The Hall–Kier alpha value is -0.940. The van der Waals surface area contributed by atoms with Gasteiger partial charge in [-0.05, 0) is 39.9 Å². The van der Waals surface area contributed by atoms with Crippen LogP contribution in [-0.4, -0.2) is 15.6 Å². The van der Waals surface area contributed by atoms with Crippen molar-refractivity contribution in [3.8, 4) is 0 Å². The highest BCUT2D eigenvalue weighted by atomic mass is 79.9. The minimum absolute atomic E-state index is 0.0246. The molecule has 0 aliphatic carbocycles. The Labute approximate surface area is 106 Å². The van der Waals surface area contributed by atoms with E-state index in [4.69, 9.17) is 0 Å². The zero-order valence-corrected chi connectivity index (χ0v) is 11.4. The van der Waals surface area contributed by atoms with E-state index in [2.05, 4.69) is 21.0 Å². The fourth-order valence-electron chi connectivity index (χ4n) is 1.48. The summed E-state index contributed by atoms with van der Waals surface area (Å²) in [7, 11) is 1.80. The summed E-state index contributed by atoms with van der Waals surface area (Å²) in [6.45, 7) is 2.03. The molecule has 0 saturated heterocycles. The van der Waals surface area contributed by atoms with Crippen LogP contribution in [0.4, 0.5) is 0 Å². The third-order valence-corrected chi connectivity index (χ3v) is 4.19. The molecule has 2 aromatic rings. The average molecular weight is 299 g/mol. The monoisotopic (exact) mass is 298 g/mol. The van der Waals surface area contributed by atoms with Crippen LogP contribution >= 0.6 is 27.3 Å². The van der Waals surface area contributed by atoms with Crippen molar-refractivity contribution in [1.29, 1.82) is 0 Å². The van der Waals surface area contributed by atoms with Crippen LogP contribution in [0.3, 0.4) is 0 Å². The van der Waals surface area contributed by atoms with E-state index in [1.807, 2.05) is 24.4 Å². The molecule has 0 aliphatic rings. The minimum atomic E-state index is 0.0246. The van der Waals surface area contributed by atoms with E-state index in [9.17, 15) is 4.79 Å². The highest BCUT2D eigenvalue weighted by Gasteiger charge is 2.18. The molecule has 0 amide bonds. The lowest BCUT2D eigenvalue weighted by Gasteiger charge is -1.98. The van der Waals surface area contributed by atoms with Gasteiger partial charge in [-0.2, -0.15) is 5.10 Å². The molecule has 3 nitrogen and oxygen atoms in total. The molecule has 0 N–H and O–H groups in total. The molecular weight excluding hydrogens is 288 g/mol. The molecule has 0 saturated carbocycles. The van der Waals surface area contributed by atoms with E-state index < -0.39 is 0 Å². The Morgan fingerprint density at radius 3 is 2.88 bits per heavy atom. The first kappa shape index (κ1) is 11.5. The lowest BCUT2D eigenvalue weighted by Crippen LogP contribution is -2.07. The van der Waals surface area contributed by atoms with Gasteiger partial charge in [-0.15, -0.1) is 11.3 Å². The topological polar surface area (TPSA) is 34.9 Å². The number of ketones is 1. The van der Waals surface area contributed by atoms with Gasteiger partial charge in [-0.1, -0.05) is 6.92 Å². The van der Waals surface area contributed by atoms with Crippen LogP contribution in [0.5, 0.6) is 0 Å². The van der Waals surface area contributed by atoms with Crippen LogP contribution < -0.4 is 0 Å². The van der Waals surface area contributed by atoms with Crippen molar-refractivity contribution in [3.05, 3.63) is 38.3 Å². The molecule has 0 fully saturated rings. The number of hydrogen-bond donors (Lipinski definition) is 0. The zero-order valence-electron chi connectivity index (χ0n) is 9.03. The van der Waals surface area contributed by atoms with Gasteiger partial charge in [0.1, 0.15) is 5.69 Å². The molecule has 2 heterocycles. The number of aromatic nitrogens is 2. The fraction of sp³-hybridized carbons (Fsp3) is 0.273. The van der Waals surface area contributed by atoms with E-state index in [-0.39, 0.29) is 5.78 Å². The Morgan fingerprint density at radius 1 is 1.62 bits per heavy atom. The van der Waals surface area contributed by atoms with Gasteiger partial charge >= 0.3 is 0 Å². The number of rotatable bonds is 3. The predicted octanol–water partition coefficient (Wildman–Crippen LogP) is 3.04. The molecule has 0 radical (unpaired) electrons. The van der Waals surface area contributed by atoms with Crippen LogP contribution in [0.2, 0.25) is 0 Å². The second kappa shape index (κ2) is 4.51. The first-order valence-corrected chi connectivity index (χ1v) is 6.61. The van der Waals surface area contributed by atoms with Crippen molar-refractivity contribution in [2.75, 3.05) is 0 Å². The Kier molecular flexibility index (Phi) is 3.25. The van der Waals surface area contributed by atoms with Crippen molar-refractivity contribution < 1.29 is 4.79 Å². The van der Waals surface area contributed by atoms with Gasteiger partial charge in [0, 0.05) is 11.5 Å². The molecule has 5 heteroatoms. The molecule has 0 aromatic carbocycles. The van der Waals surface area contributed by atoms with Crippen molar-refractivity contribution >= 4 is 33.0 Å². The summed E-state index contributed by atoms with van der Waals surface area (Å²) in [4.78, 5) is 12.9. The minimum Gasteiger partial charge on any atom is -0.286 e. The zero-order chi connectivity index (χ0) is 11.7. The molecule has 2 rings (SSSR count). The lowest BCUT2D eigenvalue weighted by atomic mass is 10.2. The van der Waals surface area contributed by atoms with Crippen LogP contribution in [0.15, 0.2) is 22.0 Å². The van der Waals surface area contributed by atoms with Crippen molar-refractivity contribution in [2.45, 2.75) is 13.3 Å². The SMILES string of the molecule is CCc1cc(C(=O)c2sccc2Br)n(C)n1. The standard InChI is InChI=1S/C11H11BrN2OS/c1-3-7-6-9(14(2)13-7)10(15)11-8(12)4-5-16-11/h4-6H,3H2,1-2H3. The molecule has 0 aliphatic heterocycles. The average Bonchev–Trinajstić information content (AvgIpc) is 2.83. The van der Waals surface area contributed by atoms with Gasteiger partial charge in [0.2, 0.25) is 5.78 Å². The largest absolute Gasteiger partial charge is 0.286 e. The van der Waals surface area contributed by atoms with Gasteiger partial charge < -0.3 is 0 Å². The van der Waals surface area contributed by atoms with Gasteiger partial charge in [0.15, 0.2) is 0 Å². The number of aryl methyl sites for hydroxylation is 2. The summed E-state index contributed by atoms with van der Waals surface area (Å²) in [5.41, 5.74) is 1.58. The maximum absolute atomic E-state index is 12.2. The third-order valence-electron chi connectivity index (χ3n) is 2.35. The van der Waals surface area contributed by atoms with E-state index in [1.165, 1.54) is 11.3 Å². The maximum atomic E-state index is 12.2. The summed E-state index contributed by atoms with van der Waals surface area (Å²) < 4.78 is 2.49. The predicted molar refractivity (Wildman–Crippen MR) is 68.0 cm³/mol. The quantitative estimate of drug-likeness (QED) is 0.817. The molecular formula is C11H11BrN2OS. The first-order chi connectivity index (χ1) is 7.63. The number of halogens is 1. The summed E-state index contributed by atoms with van der Waals surface area (Å²) in [5, 5.41) is 6.17. The highest BCUT2D eigenvalue weighted by Crippen LogP contribution is 2.25. The molecule has 0 atom stereocenters. The second-order valence-corrected chi connectivity index (χ2v) is 5.20. The van der Waals surface area contributed by atoms with Crippen LogP contribution in [-0.2, 0) is 13.5 Å². The first-order valence-electron chi connectivity index (χ1n) is 4.94. The molecule has 16 heavy (non-hydrogen) atoms. The van der Waals surface area contributed by atoms with Crippen LogP contribution in [0.25, 0.3) is 0 Å². The number of thiophene rings is 1. The smallest absolute Gasteiger partial charge is 0.222 e. The number of carbonyl (C=O) groups excluding carboxylic acids is 1. The summed E-state index contributed by atoms with van der Waals surface area (Å²) in [6, 6.07) is 3.74. The van der Waals surface area contributed by atoms with Gasteiger partial charge in [0.05, 0.1) is 10.6 Å². The van der Waals surface area contributed by atoms with Crippen molar-refractivity contribution in [1.82, 2.24) is 9.78 Å². The Balaban J connectivity index is 2.41. The number of hydrogen-bond acceptors (Lipinski definition) is 3. The second-order valence-electron chi connectivity index (χ2n) is 3.42. The molecule has 0 bridgehead atoms. The normalized spacial score (nSPS) is 10.7. The lowest BCUT2D eigenvalue weighted by molar-refractivity contribution is 0.103. The Morgan fingerprint density at radius 2 is 2.38 bits per heavy atom. The molecule has 84 valence electrons. The van der Waals surface area contributed by atoms with Gasteiger partial charge in [0.25, 0.3) is 0 Å². The number of carbonyl (C=O) groups is 1. The molecule has 0 unspecified atom stereocenters. The van der Waals surface area contributed by atoms with E-state index >= 15 is 0 Å². The van der Waals surface area contributed by atoms with Crippen LogP contribution in [0, 0.1) is 0 Å². The van der Waals surface area contributed by atoms with E-state index in [0.29, 0.717) is 5.69 Å². The van der Waals surface area contributed by atoms with Crippen molar-refractivity contribution in [2.24, 2.45) is 7.05 Å².